The average molecular weight is 446 g/mol. The molecule has 3 aromatic rings. The van der Waals surface area contributed by atoms with Crippen molar-refractivity contribution in [3.8, 4) is 11.5 Å². The number of nitrogens with zero attached hydrogens (tertiary/aromatic N) is 1. The first-order valence-electron chi connectivity index (χ1n) is 10.7. The number of methoxy groups -OCH3 is 1. The number of ketones is 1. The minimum Gasteiger partial charge on any atom is -0.496 e. The molecule has 3 rings (SSSR count). The molecule has 170 valence electrons. The molecular weight excluding hydrogens is 418 g/mol. The molecule has 0 aliphatic heterocycles. The predicted molar refractivity (Wildman–Crippen MR) is 129 cm³/mol. The van der Waals surface area contributed by atoms with Gasteiger partial charge in [0.25, 0.3) is 0 Å². The van der Waals surface area contributed by atoms with E-state index in [9.17, 15) is 14.9 Å². The van der Waals surface area contributed by atoms with Gasteiger partial charge in [0, 0.05) is 17.2 Å². The normalized spacial score (nSPS) is 11.1. The number of carbonyl (C=O) groups is 1. The van der Waals surface area contributed by atoms with E-state index in [1.54, 1.807) is 31.4 Å². The van der Waals surface area contributed by atoms with E-state index in [0.717, 1.165) is 11.1 Å². The van der Waals surface area contributed by atoms with Crippen molar-refractivity contribution in [2.45, 2.75) is 33.3 Å². The second-order valence-corrected chi connectivity index (χ2v) is 8.06. The van der Waals surface area contributed by atoms with Crippen molar-refractivity contribution < 1.29 is 19.2 Å². The molecule has 6 heteroatoms. The van der Waals surface area contributed by atoms with Gasteiger partial charge in [-0.1, -0.05) is 56.3 Å². The molecule has 0 radical (unpaired) electrons. The van der Waals surface area contributed by atoms with E-state index in [2.05, 4.69) is 13.8 Å². The Morgan fingerprint density at radius 1 is 1.03 bits per heavy atom. The van der Waals surface area contributed by atoms with Gasteiger partial charge in [-0.3, -0.25) is 14.9 Å². The van der Waals surface area contributed by atoms with Crippen molar-refractivity contribution in [2.75, 3.05) is 7.11 Å². The van der Waals surface area contributed by atoms with Crippen LogP contribution in [0.1, 0.15) is 52.4 Å². The first-order valence-corrected chi connectivity index (χ1v) is 10.7. The van der Waals surface area contributed by atoms with Crippen molar-refractivity contribution in [2.24, 2.45) is 0 Å². The molecule has 0 saturated carbocycles. The minimum atomic E-state index is -0.468. The summed E-state index contributed by atoms with van der Waals surface area (Å²) in [4.78, 5) is 23.4. The molecule has 0 fully saturated rings. The van der Waals surface area contributed by atoms with Crippen LogP contribution in [0.4, 0.5) is 5.69 Å². The Morgan fingerprint density at radius 3 is 2.39 bits per heavy atom. The summed E-state index contributed by atoms with van der Waals surface area (Å²) < 4.78 is 11.2. The molecule has 33 heavy (non-hydrogen) atoms. The summed E-state index contributed by atoms with van der Waals surface area (Å²) in [6.45, 7) is 6.15. The van der Waals surface area contributed by atoms with E-state index < -0.39 is 4.92 Å². The Labute approximate surface area is 193 Å². The fourth-order valence-corrected chi connectivity index (χ4v) is 3.36. The number of nitro benzene ring substituents is 1. The number of benzene rings is 3. The van der Waals surface area contributed by atoms with Crippen LogP contribution in [-0.4, -0.2) is 17.8 Å². The number of rotatable bonds is 9. The number of ether oxygens (including phenoxy) is 2. The largest absolute Gasteiger partial charge is 0.496 e. The van der Waals surface area contributed by atoms with Crippen LogP contribution in [0.5, 0.6) is 11.5 Å². The fraction of sp³-hybridized carbons (Fsp3) is 0.222. The van der Waals surface area contributed by atoms with Gasteiger partial charge >= 0.3 is 5.69 Å². The lowest BCUT2D eigenvalue weighted by Crippen LogP contribution is -2.02. The Hall–Kier alpha value is -3.93. The van der Waals surface area contributed by atoms with Crippen LogP contribution in [0.15, 0.2) is 66.7 Å². The highest BCUT2D eigenvalue weighted by Crippen LogP contribution is 2.30. The highest BCUT2D eigenvalue weighted by atomic mass is 16.6. The SMILES string of the molecule is COc1ccc(/C=C/C(=O)c2ccc(C(C)C)cc2)cc1COc1cc(C)ccc1[N+](=O)[O-]. The molecule has 0 atom stereocenters. The first-order chi connectivity index (χ1) is 15.8. The van der Waals surface area contributed by atoms with E-state index in [1.165, 1.54) is 17.7 Å². The Bertz CT molecular complexity index is 1180. The maximum atomic E-state index is 12.6. The van der Waals surface area contributed by atoms with Crippen LogP contribution in [0.25, 0.3) is 6.08 Å². The lowest BCUT2D eigenvalue weighted by molar-refractivity contribution is -0.386. The summed E-state index contributed by atoms with van der Waals surface area (Å²) >= 11 is 0. The van der Waals surface area contributed by atoms with Crippen molar-refractivity contribution in [3.63, 3.8) is 0 Å². The van der Waals surface area contributed by atoms with E-state index in [0.29, 0.717) is 22.8 Å². The summed E-state index contributed by atoms with van der Waals surface area (Å²) in [6, 6.07) is 17.8. The molecule has 0 aromatic heterocycles. The number of hydrogen-bond donors (Lipinski definition) is 0. The molecule has 3 aromatic carbocycles. The van der Waals surface area contributed by atoms with Gasteiger partial charge in [-0.05, 0) is 53.8 Å². The van der Waals surface area contributed by atoms with Gasteiger partial charge in [-0.25, -0.2) is 0 Å². The van der Waals surface area contributed by atoms with E-state index in [-0.39, 0.29) is 23.8 Å². The predicted octanol–water partition coefficient (Wildman–Crippen LogP) is 6.51. The molecule has 0 N–H and O–H groups in total. The lowest BCUT2D eigenvalue weighted by atomic mass is 10.00. The maximum Gasteiger partial charge on any atom is 0.310 e. The van der Waals surface area contributed by atoms with Gasteiger partial charge in [0.1, 0.15) is 12.4 Å². The standard InChI is InChI=1S/C27H27NO5/c1-18(2)21-8-10-22(11-9-21)25(29)13-6-20-7-14-26(32-4)23(16-20)17-33-27-15-19(3)5-12-24(27)28(30)31/h5-16,18H,17H2,1-4H3/b13-6+. The van der Waals surface area contributed by atoms with E-state index in [4.69, 9.17) is 9.47 Å². The maximum absolute atomic E-state index is 12.6. The van der Waals surface area contributed by atoms with Crippen molar-refractivity contribution >= 4 is 17.5 Å². The van der Waals surface area contributed by atoms with Crippen molar-refractivity contribution in [3.05, 3.63) is 105 Å². The zero-order valence-electron chi connectivity index (χ0n) is 19.2. The molecule has 0 spiro atoms. The average Bonchev–Trinajstić information content (AvgIpc) is 2.81. The monoisotopic (exact) mass is 445 g/mol. The van der Waals surface area contributed by atoms with Crippen LogP contribution >= 0.6 is 0 Å². The van der Waals surface area contributed by atoms with Gasteiger partial charge < -0.3 is 9.47 Å². The topological polar surface area (TPSA) is 78.7 Å². The molecule has 0 unspecified atom stereocenters. The van der Waals surface area contributed by atoms with Crippen molar-refractivity contribution in [1.29, 1.82) is 0 Å². The van der Waals surface area contributed by atoms with Gasteiger partial charge in [-0.15, -0.1) is 0 Å². The fourth-order valence-electron chi connectivity index (χ4n) is 3.36. The number of hydrogen-bond acceptors (Lipinski definition) is 5. The smallest absolute Gasteiger partial charge is 0.310 e. The highest BCUT2D eigenvalue weighted by molar-refractivity contribution is 6.06. The summed E-state index contributed by atoms with van der Waals surface area (Å²) in [5.41, 5.74) is 4.08. The van der Waals surface area contributed by atoms with E-state index in [1.807, 2.05) is 43.3 Å². The van der Waals surface area contributed by atoms with Crippen LogP contribution in [0.3, 0.4) is 0 Å². The third kappa shape index (κ3) is 6.07. The number of carbonyl (C=O) groups excluding carboxylic acids is 1. The summed E-state index contributed by atoms with van der Waals surface area (Å²) in [6.07, 6.45) is 3.26. The summed E-state index contributed by atoms with van der Waals surface area (Å²) in [5, 5.41) is 11.3. The molecule has 0 heterocycles. The zero-order valence-corrected chi connectivity index (χ0v) is 19.2. The molecule has 0 amide bonds. The van der Waals surface area contributed by atoms with Crippen LogP contribution in [0.2, 0.25) is 0 Å². The lowest BCUT2D eigenvalue weighted by Gasteiger charge is -2.12. The van der Waals surface area contributed by atoms with E-state index >= 15 is 0 Å². The van der Waals surface area contributed by atoms with Crippen molar-refractivity contribution in [1.82, 2.24) is 0 Å². The molecule has 0 saturated heterocycles. The number of nitro groups is 1. The molecule has 0 aliphatic rings. The molecule has 0 aliphatic carbocycles. The molecule has 6 nitrogen and oxygen atoms in total. The third-order valence-electron chi connectivity index (χ3n) is 5.29. The summed E-state index contributed by atoms with van der Waals surface area (Å²) in [7, 11) is 1.55. The third-order valence-corrected chi connectivity index (χ3v) is 5.29. The zero-order chi connectivity index (χ0) is 24.0. The van der Waals surface area contributed by atoms with Gasteiger partial charge in [0.15, 0.2) is 11.5 Å². The Morgan fingerprint density at radius 2 is 1.76 bits per heavy atom. The van der Waals surface area contributed by atoms with Gasteiger partial charge in [0.05, 0.1) is 12.0 Å². The second kappa shape index (κ2) is 10.6. The quantitative estimate of drug-likeness (QED) is 0.162. The van der Waals surface area contributed by atoms with Crippen LogP contribution in [0, 0.1) is 17.0 Å². The summed E-state index contributed by atoms with van der Waals surface area (Å²) in [5.74, 6) is 1.11. The number of aryl methyl sites for hydroxylation is 1. The molecule has 0 bridgehead atoms. The van der Waals surface area contributed by atoms with Crippen LogP contribution < -0.4 is 9.47 Å². The highest BCUT2D eigenvalue weighted by Gasteiger charge is 2.16. The minimum absolute atomic E-state index is 0.0831. The number of allylic oxidation sites excluding steroid dienone is 1. The molecular formula is C27H27NO5. The van der Waals surface area contributed by atoms with Gasteiger partial charge in [-0.2, -0.15) is 0 Å². The van der Waals surface area contributed by atoms with Gasteiger partial charge in [0.2, 0.25) is 0 Å². The Balaban J connectivity index is 1.77. The second-order valence-electron chi connectivity index (χ2n) is 8.06. The Kier molecular flexibility index (Phi) is 7.61. The first kappa shape index (κ1) is 23.7. The van der Waals surface area contributed by atoms with Crippen LogP contribution in [-0.2, 0) is 6.61 Å².